The van der Waals surface area contributed by atoms with Gasteiger partial charge >= 0.3 is 0 Å². The molecule has 1 aromatic rings. The summed E-state index contributed by atoms with van der Waals surface area (Å²) < 4.78 is 16.9. The fourth-order valence-corrected chi connectivity index (χ4v) is 4.60. The first-order chi connectivity index (χ1) is 14.8. The van der Waals surface area contributed by atoms with Crippen molar-refractivity contribution in [3.63, 3.8) is 0 Å². The van der Waals surface area contributed by atoms with Gasteiger partial charge in [0.15, 0.2) is 5.96 Å². The van der Waals surface area contributed by atoms with Gasteiger partial charge in [-0.1, -0.05) is 0 Å². The predicted octanol–water partition coefficient (Wildman–Crippen LogP) is 2.43. The second-order valence-electron chi connectivity index (χ2n) is 8.88. The van der Waals surface area contributed by atoms with Crippen LogP contribution in [0.3, 0.4) is 0 Å². The average Bonchev–Trinajstić information content (AvgIpc) is 3.48. The number of furan rings is 1. The molecule has 4 rings (SSSR count). The Morgan fingerprint density at radius 1 is 1.13 bits per heavy atom. The van der Waals surface area contributed by atoms with E-state index in [9.17, 15) is 0 Å². The van der Waals surface area contributed by atoms with Crippen molar-refractivity contribution in [1.82, 2.24) is 15.5 Å². The van der Waals surface area contributed by atoms with E-state index in [2.05, 4.69) is 15.5 Å². The van der Waals surface area contributed by atoms with Crippen LogP contribution in [0, 0.1) is 5.92 Å². The van der Waals surface area contributed by atoms with Gasteiger partial charge in [0.25, 0.3) is 0 Å². The SMILES string of the molecule is c1coc(CCNC(=NCC2CCCCO2)NC2CCN(CC3CCOC3)CC2)c1. The van der Waals surface area contributed by atoms with Crippen LogP contribution < -0.4 is 10.6 Å². The molecule has 7 heteroatoms. The lowest BCUT2D eigenvalue weighted by Crippen LogP contribution is -2.49. The third kappa shape index (κ3) is 7.00. The Bertz CT molecular complexity index is 616. The molecule has 30 heavy (non-hydrogen) atoms. The van der Waals surface area contributed by atoms with Crippen molar-refractivity contribution >= 4 is 5.96 Å². The Labute approximate surface area is 180 Å². The van der Waals surface area contributed by atoms with Crippen LogP contribution in [0.2, 0.25) is 0 Å². The number of hydrogen-bond donors (Lipinski definition) is 2. The molecule has 2 unspecified atom stereocenters. The summed E-state index contributed by atoms with van der Waals surface area (Å²) in [5, 5.41) is 7.20. The van der Waals surface area contributed by atoms with Gasteiger partial charge < -0.3 is 29.4 Å². The highest BCUT2D eigenvalue weighted by molar-refractivity contribution is 5.80. The maximum Gasteiger partial charge on any atom is 0.191 e. The fraction of sp³-hybridized carbons (Fsp3) is 0.783. The van der Waals surface area contributed by atoms with E-state index in [1.54, 1.807) is 6.26 Å². The van der Waals surface area contributed by atoms with Gasteiger partial charge in [0.1, 0.15) is 5.76 Å². The first kappa shape index (κ1) is 21.7. The zero-order valence-corrected chi connectivity index (χ0v) is 18.2. The number of aliphatic imine (C=N–C) groups is 1. The van der Waals surface area contributed by atoms with Crippen molar-refractivity contribution in [2.45, 2.75) is 57.1 Å². The molecule has 2 N–H and O–H groups in total. The zero-order chi connectivity index (χ0) is 20.4. The van der Waals surface area contributed by atoms with Gasteiger partial charge in [-0.25, -0.2) is 0 Å². The highest BCUT2D eigenvalue weighted by Crippen LogP contribution is 2.18. The number of nitrogens with zero attached hydrogens (tertiary/aromatic N) is 2. The highest BCUT2D eigenvalue weighted by atomic mass is 16.5. The largest absolute Gasteiger partial charge is 0.469 e. The number of ether oxygens (including phenoxy) is 2. The summed E-state index contributed by atoms with van der Waals surface area (Å²) in [6, 6.07) is 4.43. The summed E-state index contributed by atoms with van der Waals surface area (Å²) in [4.78, 5) is 7.48. The first-order valence-electron chi connectivity index (χ1n) is 11.8. The smallest absolute Gasteiger partial charge is 0.191 e. The Kier molecular flexibility index (Phi) is 8.46. The van der Waals surface area contributed by atoms with Crippen LogP contribution in [0.25, 0.3) is 0 Å². The molecule has 168 valence electrons. The van der Waals surface area contributed by atoms with Crippen LogP contribution in [0.15, 0.2) is 27.8 Å². The number of rotatable bonds is 8. The average molecular weight is 419 g/mol. The minimum Gasteiger partial charge on any atom is -0.469 e. The van der Waals surface area contributed by atoms with Gasteiger partial charge in [0.05, 0.1) is 25.5 Å². The van der Waals surface area contributed by atoms with E-state index >= 15 is 0 Å². The predicted molar refractivity (Wildman–Crippen MR) is 118 cm³/mol. The monoisotopic (exact) mass is 418 g/mol. The molecule has 0 bridgehead atoms. The van der Waals surface area contributed by atoms with Gasteiger partial charge in [-0.3, -0.25) is 4.99 Å². The van der Waals surface area contributed by atoms with E-state index < -0.39 is 0 Å². The van der Waals surface area contributed by atoms with Crippen LogP contribution in [-0.4, -0.2) is 75.5 Å². The zero-order valence-electron chi connectivity index (χ0n) is 18.2. The molecule has 0 aromatic carbocycles. The summed E-state index contributed by atoms with van der Waals surface area (Å²) in [7, 11) is 0. The summed E-state index contributed by atoms with van der Waals surface area (Å²) >= 11 is 0. The van der Waals surface area contributed by atoms with Gasteiger partial charge in [-0.2, -0.15) is 0 Å². The van der Waals surface area contributed by atoms with Gasteiger partial charge in [0.2, 0.25) is 0 Å². The molecule has 4 heterocycles. The number of guanidine groups is 1. The molecular weight excluding hydrogens is 380 g/mol. The van der Waals surface area contributed by atoms with Gasteiger partial charge in [-0.15, -0.1) is 0 Å². The van der Waals surface area contributed by atoms with E-state index in [0.29, 0.717) is 6.04 Å². The van der Waals surface area contributed by atoms with Crippen molar-refractivity contribution in [1.29, 1.82) is 0 Å². The molecular formula is C23H38N4O3. The lowest BCUT2D eigenvalue weighted by Gasteiger charge is -2.34. The number of hydrogen-bond acceptors (Lipinski definition) is 5. The molecule has 3 saturated heterocycles. The molecule has 0 amide bonds. The maximum atomic E-state index is 5.86. The van der Waals surface area contributed by atoms with Crippen LogP contribution >= 0.6 is 0 Å². The second-order valence-corrected chi connectivity index (χ2v) is 8.88. The van der Waals surface area contributed by atoms with Crippen LogP contribution in [0.5, 0.6) is 0 Å². The van der Waals surface area contributed by atoms with Crippen LogP contribution in [0.1, 0.15) is 44.3 Å². The summed E-state index contributed by atoms with van der Waals surface area (Å²) in [5.41, 5.74) is 0. The summed E-state index contributed by atoms with van der Waals surface area (Å²) in [5.74, 6) is 2.64. The fourth-order valence-electron chi connectivity index (χ4n) is 4.60. The minimum absolute atomic E-state index is 0.262. The maximum absolute atomic E-state index is 5.86. The summed E-state index contributed by atoms with van der Waals surface area (Å²) in [6.07, 6.45) is 9.93. The number of piperidine rings is 1. The molecule has 3 aliphatic rings. The van der Waals surface area contributed by atoms with E-state index in [4.69, 9.17) is 18.9 Å². The molecule has 1 aromatic heterocycles. The molecule has 3 aliphatic heterocycles. The Morgan fingerprint density at radius 3 is 2.80 bits per heavy atom. The Balaban J connectivity index is 1.24. The summed E-state index contributed by atoms with van der Waals surface area (Å²) in [6.45, 7) is 7.79. The molecule has 2 atom stereocenters. The van der Waals surface area contributed by atoms with Gasteiger partial charge in [-0.05, 0) is 56.6 Å². The van der Waals surface area contributed by atoms with Crippen LogP contribution in [0.4, 0.5) is 0 Å². The van der Waals surface area contributed by atoms with Crippen molar-refractivity contribution in [2.24, 2.45) is 10.9 Å². The molecule has 7 nitrogen and oxygen atoms in total. The molecule has 3 fully saturated rings. The van der Waals surface area contributed by atoms with E-state index in [1.165, 1.54) is 25.8 Å². The van der Waals surface area contributed by atoms with E-state index in [1.807, 2.05) is 12.1 Å². The lowest BCUT2D eigenvalue weighted by atomic mass is 10.0. The third-order valence-corrected chi connectivity index (χ3v) is 6.44. The van der Waals surface area contributed by atoms with E-state index in [0.717, 1.165) is 89.3 Å². The number of nitrogens with one attached hydrogen (secondary N) is 2. The van der Waals surface area contributed by atoms with Gasteiger partial charge in [0, 0.05) is 51.9 Å². The Hall–Kier alpha value is -1.57. The first-order valence-corrected chi connectivity index (χ1v) is 11.8. The molecule has 0 saturated carbocycles. The van der Waals surface area contributed by atoms with Crippen molar-refractivity contribution in [3.05, 3.63) is 24.2 Å². The Morgan fingerprint density at radius 2 is 2.07 bits per heavy atom. The van der Waals surface area contributed by atoms with Crippen molar-refractivity contribution < 1.29 is 13.9 Å². The van der Waals surface area contributed by atoms with E-state index in [-0.39, 0.29) is 6.10 Å². The molecule has 0 aliphatic carbocycles. The van der Waals surface area contributed by atoms with Crippen molar-refractivity contribution in [3.8, 4) is 0 Å². The normalized spacial score (nSPS) is 26.7. The standard InChI is InChI=1S/C23H38N4O3/c1-2-13-30-22(4-1)16-25-23(24-10-6-21-5-3-14-29-21)26-20-7-11-27(12-8-20)17-19-9-15-28-18-19/h3,5,14,19-20,22H,1-2,4,6-13,15-18H2,(H2,24,25,26). The molecule has 0 radical (unpaired) electrons. The molecule has 0 spiro atoms. The number of likely N-dealkylation sites (tertiary alicyclic amines) is 1. The second kappa shape index (κ2) is 11.7. The van der Waals surface area contributed by atoms with Crippen LogP contribution in [-0.2, 0) is 15.9 Å². The minimum atomic E-state index is 0.262. The third-order valence-electron chi connectivity index (χ3n) is 6.44. The topological polar surface area (TPSA) is 71.3 Å². The highest BCUT2D eigenvalue weighted by Gasteiger charge is 2.24. The van der Waals surface area contributed by atoms with Crippen molar-refractivity contribution in [2.75, 3.05) is 52.5 Å². The quantitative estimate of drug-likeness (QED) is 0.499. The lowest BCUT2D eigenvalue weighted by molar-refractivity contribution is 0.0224.